The highest BCUT2D eigenvalue weighted by Gasteiger charge is 2.44. The summed E-state index contributed by atoms with van der Waals surface area (Å²) in [6.07, 6.45) is -7.34. The average molecular weight is 406 g/mol. The van der Waals surface area contributed by atoms with Gasteiger partial charge in [0.25, 0.3) is 0 Å². The van der Waals surface area contributed by atoms with Crippen molar-refractivity contribution >= 4 is 5.78 Å². The summed E-state index contributed by atoms with van der Waals surface area (Å²) < 4.78 is 16.0. The maximum atomic E-state index is 12.7. The summed E-state index contributed by atoms with van der Waals surface area (Å²) in [5.41, 5.74) is 0.281. The van der Waals surface area contributed by atoms with Crippen molar-refractivity contribution in [1.29, 1.82) is 0 Å². The maximum absolute atomic E-state index is 12.7. The van der Waals surface area contributed by atoms with Crippen molar-refractivity contribution in [1.82, 2.24) is 0 Å². The Morgan fingerprint density at radius 2 is 1.76 bits per heavy atom. The van der Waals surface area contributed by atoms with Crippen LogP contribution >= 0.6 is 0 Å². The number of aliphatic hydroxyl groups is 4. The number of ether oxygens (including phenoxy) is 3. The number of phenols is 1. The standard InChI is InChI=1S/C20H22O9/c1-27-13-8-11(28-20-19(26)18(25)17(24)14(9-21)29-20)7-12(22)15(13)16(23)10-5-3-2-4-6-10/h2-8,14,17-22,24-26H,9H2,1H3/t14-,17-,18+,19-,20-/m1/s1. The molecule has 0 saturated carbocycles. The summed E-state index contributed by atoms with van der Waals surface area (Å²) in [6.45, 7) is -0.607. The number of aliphatic hydroxyl groups excluding tert-OH is 4. The molecule has 0 aromatic heterocycles. The van der Waals surface area contributed by atoms with Crippen LogP contribution in [0, 0.1) is 0 Å². The largest absolute Gasteiger partial charge is 0.507 e. The van der Waals surface area contributed by atoms with E-state index < -0.39 is 48.8 Å². The molecule has 1 aliphatic rings. The van der Waals surface area contributed by atoms with Crippen LogP contribution in [-0.4, -0.2) is 75.7 Å². The van der Waals surface area contributed by atoms with Crippen LogP contribution in [-0.2, 0) is 4.74 Å². The highest BCUT2D eigenvalue weighted by atomic mass is 16.7. The number of hydrogen-bond acceptors (Lipinski definition) is 9. The second-order valence-electron chi connectivity index (χ2n) is 6.53. The second kappa shape index (κ2) is 8.76. The van der Waals surface area contributed by atoms with Crippen molar-refractivity contribution in [2.75, 3.05) is 13.7 Å². The minimum Gasteiger partial charge on any atom is -0.507 e. The molecule has 0 aliphatic carbocycles. The number of aromatic hydroxyl groups is 1. The number of rotatable bonds is 6. The van der Waals surface area contributed by atoms with Crippen molar-refractivity contribution in [2.45, 2.75) is 30.7 Å². The minimum absolute atomic E-state index is 0.0201. The molecule has 0 radical (unpaired) electrons. The summed E-state index contributed by atoms with van der Waals surface area (Å²) in [5, 5.41) is 49.4. The Morgan fingerprint density at radius 3 is 2.38 bits per heavy atom. The third kappa shape index (κ3) is 4.19. The fourth-order valence-corrected chi connectivity index (χ4v) is 3.07. The van der Waals surface area contributed by atoms with Crippen molar-refractivity contribution in [3.63, 3.8) is 0 Å². The fourth-order valence-electron chi connectivity index (χ4n) is 3.07. The molecule has 1 saturated heterocycles. The van der Waals surface area contributed by atoms with Gasteiger partial charge >= 0.3 is 0 Å². The van der Waals surface area contributed by atoms with Gasteiger partial charge in [-0.1, -0.05) is 30.3 Å². The molecule has 29 heavy (non-hydrogen) atoms. The van der Waals surface area contributed by atoms with E-state index in [1.807, 2.05) is 0 Å². The highest BCUT2D eigenvalue weighted by Crippen LogP contribution is 2.36. The van der Waals surface area contributed by atoms with Gasteiger partial charge in [0.2, 0.25) is 12.1 Å². The van der Waals surface area contributed by atoms with Gasteiger partial charge in [0.05, 0.1) is 13.7 Å². The summed E-state index contributed by atoms with van der Waals surface area (Å²) in [6, 6.07) is 10.8. The molecule has 0 spiro atoms. The molecule has 0 bridgehead atoms. The lowest BCUT2D eigenvalue weighted by Crippen LogP contribution is -2.60. The lowest BCUT2D eigenvalue weighted by molar-refractivity contribution is -0.277. The Hall–Kier alpha value is -2.69. The number of ketones is 1. The maximum Gasteiger partial charge on any atom is 0.229 e. The number of carbonyl (C=O) groups is 1. The van der Waals surface area contributed by atoms with E-state index in [1.54, 1.807) is 30.3 Å². The second-order valence-corrected chi connectivity index (χ2v) is 6.53. The van der Waals surface area contributed by atoms with E-state index in [-0.39, 0.29) is 17.1 Å². The zero-order valence-electron chi connectivity index (χ0n) is 15.5. The molecule has 2 aromatic carbocycles. The number of phenolic OH excluding ortho intramolecular Hbond substituents is 1. The molecule has 9 nitrogen and oxygen atoms in total. The van der Waals surface area contributed by atoms with Gasteiger partial charge in [0.15, 0.2) is 0 Å². The van der Waals surface area contributed by atoms with Crippen LogP contribution < -0.4 is 9.47 Å². The van der Waals surface area contributed by atoms with Gasteiger partial charge in [-0.15, -0.1) is 0 Å². The number of carbonyl (C=O) groups excluding carboxylic acids is 1. The van der Waals surface area contributed by atoms with Gasteiger partial charge in [-0.25, -0.2) is 0 Å². The lowest BCUT2D eigenvalue weighted by atomic mass is 9.99. The molecule has 5 N–H and O–H groups in total. The van der Waals surface area contributed by atoms with Crippen LogP contribution in [0.3, 0.4) is 0 Å². The quantitative estimate of drug-likeness (QED) is 0.412. The molecule has 156 valence electrons. The van der Waals surface area contributed by atoms with E-state index in [1.165, 1.54) is 13.2 Å². The smallest absolute Gasteiger partial charge is 0.229 e. The fraction of sp³-hybridized carbons (Fsp3) is 0.350. The molecule has 5 atom stereocenters. The Morgan fingerprint density at radius 1 is 1.07 bits per heavy atom. The predicted octanol–water partition coefficient (Wildman–Crippen LogP) is -0.190. The number of methoxy groups -OCH3 is 1. The Bertz CT molecular complexity index is 853. The van der Waals surface area contributed by atoms with Crippen molar-refractivity contribution < 1.29 is 44.5 Å². The summed E-state index contributed by atoms with van der Waals surface area (Å²) in [5.74, 6) is -0.871. The molecule has 3 rings (SSSR count). The van der Waals surface area contributed by atoms with E-state index >= 15 is 0 Å². The molecule has 9 heteroatoms. The SMILES string of the molecule is COc1cc(O[C@@H]2O[C@H](CO)[C@@H](O)[C@H](O)[C@H]2O)cc(O)c1C(=O)c1ccccc1. The third-order valence-electron chi connectivity index (χ3n) is 4.64. The van der Waals surface area contributed by atoms with Crippen LogP contribution in [0.2, 0.25) is 0 Å². The van der Waals surface area contributed by atoms with Gasteiger partial charge in [0.1, 0.15) is 47.2 Å². The van der Waals surface area contributed by atoms with E-state index in [0.29, 0.717) is 5.56 Å². The van der Waals surface area contributed by atoms with E-state index in [4.69, 9.17) is 14.2 Å². The Kier molecular flexibility index (Phi) is 6.36. The monoisotopic (exact) mass is 406 g/mol. The van der Waals surface area contributed by atoms with Gasteiger partial charge in [-0.2, -0.15) is 0 Å². The molecule has 1 heterocycles. The molecule has 1 aliphatic heterocycles. The van der Waals surface area contributed by atoms with Crippen LogP contribution in [0.1, 0.15) is 15.9 Å². The minimum atomic E-state index is -1.62. The van der Waals surface area contributed by atoms with Gasteiger partial charge < -0.3 is 39.7 Å². The van der Waals surface area contributed by atoms with Crippen LogP contribution in [0.25, 0.3) is 0 Å². The van der Waals surface area contributed by atoms with Gasteiger partial charge in [-0.05, 0) is 0 Å². The highest BCUT2D eigenvalue weighted by molar-refractivity contribution is 6.12. The molecule has 0 unspecified atom stereocenters. The first-order valence-corrected chi connectivity index (χ1v) is 8.85. The number of hydrogen-bond donors (Lipinski definition) is 5. The third-order valence-corrected chi connectivity index (χ3v) is 4.64. The molecular weight excluding hydrogens is 384 g/mol. The van der Waals surface area contributed by atoms with E-state index in [2.05, 4.69) is 0 Å². The van der Waals surface area contributed by atoms with Crippen molar-refractivity contribution in [2.24, 2.45) is 0 Å². The Labute approximate surface area is 166 Å². The van der Waals surface area contributed by atoms with Gasteiger partial charge in [0, 0.05) is 17.7 Å². The van der Waals surface area contributed by atoms with Crippen LogP contribution in [0.15, 0.2) is 42.5 Å². The van der Waals surface area contributed by atoms with Gasteiger partial charge in [-0.3, -0.25) is 4.79 Å². The summed E-state index contributed by atoms with van der Waals surface area (Å²) in [4.78, 5) is 12.7. The zero-order chi connectivity index (χ0) is 21.1. The molecule has 1 fully saturated rings. The number of benzene rings is 2. The molecule has 2 aromatic rings. The molecular formula is C20H22O9. The topological polar surface area (TPSA) is 146 Å². The predicted molar refractivity (Wildman–Crippen MR) is 98.9 cm³/mol. The zero-order valence-corrected chi connectivity index (χ0v) is 15.5. The Balaban J connectivity index is 1.88. The van der Waals surface area contributed by atoms with Crippen molar-refractivity contribution in [3.05, 3.63) is 53.6 Å². The van der Waals surface area contributed by atoms with E-state index in [9.17, 15) is 30.3 Å². The molecule has 0 amide bonds. The first kappa shape index (κ1) is 21.0. The van der Waals surface area contributed by atoms with Crippen LogP contribution in [0.5, 0.6) is 17.2 Å². The summed E-state index contributed by atoms with van der Waals surface area (Å²) in [7, 11) is 1.31. The summed E-state index contributed by atoms with van der Waals surface area (Å²) >= 11 is 0. The normalized spacial score (nSPS) is 26.7. The van der Waals surface area contributed by atoms with Crippen molar-refractivity contribution in [3.8, 4) is 17.2 Å². The first-order chi connectivity index (χ1) is 13.9. The first-order valence-electron chi connectivity index (χ1n) is 8.85. The average Bonchev–Trinajstić information content (AvgIpc) is 2.73. The van der Waals surface area contributed by atoms with E-state index in [0.717, 1.165) is 6.07 Å². The van der Waals surface area contributed by atoms with Crippen LogP contribution in [0.4, 0.5) is 0 Å². The lowest BCUT2D eigenvalue weighted by Gasteiger charge is -2.39.